The number of halogens is 1. The number of nitrogens with one attached hydrogen (secondary N) is 2. The quantitative estimate of drug-likeness (QED) is 0.467. The largest absolute Gasteiger partial charge is 0.419 e. The molecule has 1 heterocycles. The van der Waals surface area contributed by atoms with E-state index in [-0.39, 0.29) is 5.69 Å². The summed E-state index contributed by atoms with van der Waals surface area (Å²) in [5.74, 6) is -4.10. The highest BCUT2D eigenvalue weighted by atomic mass is 32.2. The van der Waals surface area contributed by atoms with Crippen molar-refractivity contribution in [2.24, 2.45) is 0 Å². The van der Waals surface area contributed by atoms with Gasteiger partial charge in [-0.2, -0.15) is 0 Å². The lowest BCUT2D eigenvalue weighted by Gasteiger charge is -2.29. The van der Waals surface area contributed by atoms with Gasteiger partial charge in [0.2, 0.25) is 10.0 Å². The molecule has 0 bridgehead atoms. The number of hydrogen-bond acceptors (Lipinski definition) is 7. The molecule has 1 aliphatic heterocycles. The number of esters is 2. The van der Waals surface area contributed by atoms with Crippen molar-refractivity contribution in [3.8, 4) is 0 Å². The van der Waals surface area contributed by atoms with Crippen LogP contribution in [0.1, 0.15) is 13.8 Å². The second kappa shape index (κ2) is 6.21. The van der Waals surface area contributed by atoms with E-state index in [0.29, 0.717) is 0 Å². The molecule has 0 saturated carbocycles. The Bertz CT molecular complexity index is 810. The van der Waals surface area contributed by atoms with E-state index < -0.39 is 44.0 Å². The fraction of sp³-hybridized carbons (Fsp3) is 0.286. The summed E-state index contributed by atoms with van der Waals surface area (Å²) in [5, 5.41) is 2.54. The molecular formula is C14H15FN2O6S. The number of sulfonamides is 1. The molecule has 0 unspecified atom stereocenters. The van der Waals surface area contributed by atoms with Crippen molar-refractivity contribution >= 4 is 27.6 Å². The van der Waals surface area contributed by atoms with E-state index in [0.717, 1.165) is 25.4 Å². The monoisotopic (exact) mass is 358 g/mol. The lowest BCUT2D eigenvalue weighted by Crippen LogP contribution is -2.42. The van der Waals surface area contributed by atoms with Gasteiger partial charge in [-0.1, -0.05) is 0 Å². The Balaban J connectivity index is 2.28. The van der Waals surface area contributed by atoms with Gasteiger partial charge in [-0.15, -0.1) is 0 Å². The minimum absolute atomic E-state index is 0.142. The molecule has 130 valence electrons. The number of cyclic esters (lactones) is 2. The zero-order valence-electron chi connectivity index (χ0n) is 13.0. The van der Waals surface area contributed by atoms with Crippen LogP contribution >= 0.6 is 0 Å². The van der Waals surface area contributed by atoms with Crippen LogP contribution in [0.4, 0.5) is 10.1 Å². The minimum atomic E-state index is -4.00. The Morgan fingerprint density at radius 2 is 1.75 bits per heavy atom. The number of carbonyl (C=O) groups excluding carboxylic acids is 2. The molecular weight excluding hydrogens is 343 g/mol. The molecule has 24 heavy (non-hydrogen) atoms. The van der Waals surface area contributed by atoms with Crippen LogP contribution in [-0.4, -0.2) is 33.2 Å². The van der Waals surface area contributed by atoms with Crippen molar-refractivity contribution in [1.82, 2.24) is 4.72 Å². The summed E-state index contributed by atoms with van der Waals surface area (Å²) in [6.07, 6.45) is 1.00. The van der Waals surface area contributed by atoms with Crippen LogP contribution < -0.4 is 10.0 Å². The normalized spacial score (nSPS) is 17.1. The molecule has 0 aliphatic carbocycles. The molecule has 1 aromatic carbocycles. The molecule has 0 radical (unpaired) electrons. The maximum atomic E-state index is 13.6. The first-order valence-corrected chi connectivity index (χ1v) is 8.20. The SMILES string of the molecule is CNS(=O)(=O)c1cc(NC=C2C(=O)OC(C)(C)OC2=O)ccc1F. The molecule has 8 nitrogen and oxygen atoms in total. The van der Waals surface area contributed by atoms with E-state index in [1.165, 1.54) is 19.9 Å². The molecule has 1 saturated heterocycles. The average Bonchev–Trinajstić information content (AvgIpc) is 2.46. The van der Waals surface area contributed by atoms with Crippen LogP contribution in [0.25, 0.3) is 0 Å². The fourth-order valence-electron chi connectivity index (χ4n) is 1.84. The Morgan fingerprint density at radius 1 is 1.17 bits per heavy atom. The van der Waals surface area contributed by atoms with Gasteiger partial charge in [0.1, 0.15) is 10.7 Å². The standard InChI is InChI=1S/C14H15FN2O6S/c1-14(2)22-12(18)9(13(19)23-14)7-17-8-4-5-10(15)11(6-8)24(20,21)16-3/h4-7,16-17H,1-3H3. The third-order valence-electron chi connectivity index (χ3n) is 2.99. The summed E-state index contributed by atoms with van der Waals surface area (Å²) in [7, 11) is -2.85. The first-order valence-electron chi connectivity index (χ1n) is 6.72. The van der Waals surface area contributed by atoms with Crippen molar-refractivity contribution in [3.05, 3.63) is 35.8 Å². The second-order valence-electron chi connectivity index (χ2n) is 5.23. The topological polar surface area (TPSA) is 111 Å². The minimum Gasteiger partial charge on any atom is -0.419 e. The van der Waals surface area contributed by atoms with Gasteiger partial charge in [0.25, 0.3) is 5.79 Å². The van der Waals surface area contributed by atoms with E-state index in [1.54, 1.807) is 0 Å². The lowest BCUT2D eigenvalue weighted by atomic mass is 10.2. The van der Waals surface area contributed by atoms with E-state index in [2.05, 4.69) is 5.32 Å². The first kappa shape index (κ1) is 17.9. The van der Waals surface area contributed by atoms with Gasteiger partial charge >= 0.3 is 11.9 Å². The number of benzene rings is 1. The van der Waals surface area contributed by atoms with Crippen molar-refractivity contribution in [1.29, 1.82) is 0 Å². The molecule has 2 rings (SSSR count). The van der Waals surface area contributed by atoms with E-state index in [4.69, 9.17) is 9.47 Å². The van der Waals surface area contributed by atoms with Crippen LogP contribution in [0.5, 0.6) is 0 Å². The van der Waals surface area contributed by atoms with Gasteiger partial charge in [0.15, 0.2) is 5.57 Å². The Hall–Kier alpha value is -2.46. The average molecular weight is 358 g/mol. The van der Waals surface area contributed by atoms with Crippen molar-refractivity contribution in [2.45, 2.75) is 24.5 Å². The van der Waals surface area contributed by atoms with Gasteiger partial charge in [-0.05, 0) is 25.2 Å². The number of hydrogen-bond donors (Lipinski definition) is 2. The predicted molar refractivity (Wildman–Crippen MR) is 80.6 cm³/mol. The Kier molecular flexibility index (Phi) is 4.63. The molecule has 0 atom stereocenters. The smallest absolute Gasteiger partial charge is 0.350 e. The van der Waals surface area contributed by atoms with Crippen LogP contribution in [0.15, 0.2) is 34.9 Å². The molecule has 2 N–H and O–H groups in total. The number of ether oxygens (including phenoxy) is 2. The molecule has 0 aromatic heterocycles. The fourth-order valence-corrected chi connectivity index (χ4v) is 2.67. The zero-order chi connectivity index (χ0) is 18.1. The van der Waals surface area contributed by atoms with E-state index in [1.807, 2.05) is 4.72 Å². The number of carbonyl (C=O) groups is 2. The number of rotatable bonds is 4. The third kappa shape index (κ3) is 3.71. The van der Waals surface area contributed by atoms with Crippen molar-refractivity contribution in [2.75, 3.05) is 12.4 Å². The predicted octanol–water partition coefficient (Wildman–Crippen LogP) is 0.866. The highest BCUT2D eigenvalue weighted by Gasteiger charge is 2.38. The second-order valence-corrected chi connectivity index (χ2v) is 7.09. The van der Waals surface area contributed by atoms with Gasteiger partial charge in [-0.25, -0.2) is 27.1 Å². The summed E-state index contributed by atoms with van der Waals surface area (Å²) >= 11 is 0. The summed E-state index contributed by atoms with van der Waals surface area (Å²) in [6, 6.07) is 3.19. The van der Waals surface area contributed by atoms with Gasteiger partial charge in [0.05, 0.1) is 0 Å². The van der Waals surface area contributed by atoms with Crippen molar-refractivity contribution in [3.63, 3.8) is 0 Å². The van der Waals surface area contributed by atoms with Crippen LogP contribution in [0.2, 0.25) is 0 Å². The molecule has 1 aromatic rings. The Morgan fingerprint density at radius 3 is 2.29 bits per heavy atom. The van der Waals surface area contributed by atoms with Crippen LogP contribution in [-0.2, 0) is 29.1 Å². The van der Waals surface area contributed by atoms with Gasteiger partial charge in [-0.3, -0.25) is 0 Å². The lowest BCUT2D eigenvalue weighted by molar-refractivity contribution is -0.222. The number of anilines is 1. The van der Waals surface area contributed by atoms with Gasteiger partial charge in [0, 0.05) is 25.7 Å². The van der Waals surface area contributed by atoms with Gasteiger partial charge < -0.3 is 14.8 Å². The molecule has 1 fully saturated rings. The third-order valence-corrected chi connectivity index (χ3v) is 4.42. The zero-order valence-corrected chi connectivity index (χ0v) is 13.9. The molecule has 0 amide bonds. The highest BCUT2D eigenvalue weighted by Crippen LogP contribution is 2.23. The maximum Gasteiger partial charge on any atom is 0.350 e. The maximum absolute atomic E-state index is 13.6. The molecule has 1 aliphatic rings. The Labute approximate surface area is 137 Å². The summed E-state index contributed by atoms with van der Waals surface area (Å²) in [5.41, 5.74) is -0.264. The summed E-state index contributed by atoms with van der Waals surface area (Å²) < 4.78 is 48.9. The molecule has 10 heteroatoms. The first-order chi connectivity index (χ1) is 11.1. The van der Waals surface area contributed by atoms with Crippen LogP contribution in [0, 0.1) is 5.82 Å². The highest BCUT2D eigenvalue weighted by molar-refractivity contribution is 7.89. The van der Waals surface area contributed by atoms with Crippen LogP contribution in [0.3, 0.4) is 0 Å². The van der Waals surface area contributed by atoms with E-state index >= 15 is 0 Å². The summed E-state index contributed by atoms with van der Waals surface area (Å²) in [4.78, 5) is 23.0. The molecule has 0 spiro atoms. The van der Waals surface area contributed by atoms with Crippen molar-refractivity contribution < 1.29 is 31.9 Å². The van der Waals surface area contributed by atoms with E-state index in [9.17, 15) is 22.4 Å². The summed E-state index contributed by atoms with van der Waals surface area (Å²) in [6.45, 7) is 2.81.